The standard InChI is InChI=1S/C14H26N4/c1-6-12(5)18(7-2)14-9-8-13(16-17-14)10-15-11(3)4/h8-9,11-12,15H,6-7,10H2,1-5H3. The Morgan fingerprint density at radius 2 is 1.89 bits per heavy atom. The highest BCUT2D eigenvalue weighted by molar-refractivity contribution is 5.38. The highest BCUT2D eigenvalue weighted by Gasteiger charge is 2.12. The molecule has 1 aromatic heterocycles. The third kappa shape index (κ3) is 4.26. The smallest absolute Gasteiger partial charge is 0.151 e. The number of hydrogen-bond donors (Lipinski definition) is 1. The maximum Gasteiger partial charge on any atom is 0.151 e. The fourth-order valence-corrected chi connectivity index (χ4v) is 1.83. The van der Waals surface area contributed by atoms with Gasteiger partial charge in [-0.1, -0.05) is 20.8 Å². The van der Waals surface area contributed by atoms with E-state index in [4.69, 9.17) is 0 Å². The molecule has 0 aliphatic rings. The lowest BCUT2D eigenvalue weighted by Gasteiger charge is -2.27. The van der Waals surface area contributed by atoms with Gasteiger partial charge in [-0.15, -0.1) is 5.10 Å². The summed E-state index contributed by atoms with van der Waals surface area (Å²) in [7, 11) is 0. The first-order valence-corrected chi connectivity index (χ1v) is 6.91. The first kappa shape index (κ1) is 14.9. The summed E-state index contributed by atoms with van der Waals surface area (Å²) >= 11 is 0. The molecular weight excluding hydrogens is 224 g/mol. The van der Waals surface area contributed by atoms with Gasteiger partial charge < -0.3 is 10.2 Å². The van der Waals surface area contributed by atoms with E-state index >= 15 is 0 Å². The van der Waals surface area contributed by atoms with Crippen molar-refractivity contribution >= 4 is 5.82 Å². The molecule has 0 bridgehead atoms. The van der Waals surface area contributed by atoms with E-state index < -0.39 is 0 Å². The molecule has 1 unspecified atom stereocenters. The Morgan fingerprint density at radius 3 is 2.33 bits per heavy atom. The fourth-order valence-electron chi connectivity index (χ4n) is 1.83. The quantitative estimate of drug-likeness (QED) is 0.807. The fraction of sp³-hybridized carbons (Fsp3) is 0.714. The SMILES string of the molecule is CCC(C)N(CC)c1ccc(CNC(C)C)nn1. The molecule has 102 valence electrons. The number of anilines is 1. The molecule has 1 rings (SSSR count). The lowest BCUT2D eigenvalue weighted by molar-refractivity contribution is 0.574. The highest BCUT2D eigenvalue weighted by atomic mass is 15.3. The molecule has 0 saturated heterocycles. The average Bonchev–Trinajstić information content (AvgIpc) is 2.38. The van der Waals surface area contributed by atoms with Crippen molar-refractivity contribution in [1.29, 1.82) is 0 Å². The van der Waals surface area contributed by atoms with E-state index in [9.17, 15) is 0 Å². The minimum Gasteiger partial charge on any atom is -0.353 e. The molecule has 1 N–H and O–H groups in total. The summed E-state index contributed by atoms with van der Waals surface area (Å²) in [6.45, 7) is 12.6. The highest BCUT2D eigenvalue weighted by Crippen LogP contribution is 2.14. The number of hydrogen-bond acceptors (Lipinski definition) is 4. The predicted octanol–water partition coefficient (Wildman–Crippen LogP) is 2.60. The van der Waals surface area contributed by atoms with E-state index in [2.05, 4.69) is 67.2 Å². The van der Waals surface area contributed by atoms with Gasteiger partial charge >= 0.3 is 0 Å². The van der Waals surface area contributed by atoms with Crippen LogP contribution in [0.1, 0.15) is 46.7 Å². The molecule has 0 fully saturated rings. The molecule has 0 spiro atoms. The number of rotatable bonds is 7. The van der Waals surface area contributed by atoms with Gasteiger partial charge in [0.1, 0.15) is 0 Å². The van der Waals surface area contributed by atoms with Crippen LogP contribution in [0.3, 0.4) is 0 Å². The average molecular weight is 250 g/mol. The Bertz CT molecular complexity index is 334. The van der Waals surface area contributed by atoms with Gasteiger partial charge in [0, 0.05) is 25.2 Å². The molecule has 4 nitrogen and oxygen atoms in total. The van der Waals surface area contributed by atoms with Crippen LogP contribution in [0.5, 0.6) is 0 Å². The summed E-state index contributed by atoms with van der Waals surface area (Å²) in [6, 6.07) is 5.10. The molecule has 0 amide bonds. The minimum atomic E-state index is 0.471. The Balaban J connectivity index is 2.68. The molecule has 0 saturated carbocycles. The molecule has 0 aromatic carbocycles. The van der Waals surface area contributed by atoms with Crippen molar-refractivity contribution in [1.82, 2.24) is 15.5 Å². The topological polar surface area (TPSA) is 41.0 Å². The van der Waals surface area contributed by atoms with Crippen molar-refractivity contribution in [3.05, 3.63) is 17.8 Å². The third-order valence-corrected chi connectivity index (χ3v) is 3.15. The Labute approximate surface area is 111 Å². The van der Waals surface area contributed by atoms with Crippen LogP contribution >= 0.6 is 0 Å². The summed E-state index contributed by atoms with van der Waals surface area (Å²) < 4.78 is 0. The number of nitrogens with one attached hydrogen (secondary N) is 1. The summed E-state index contributed by atoms with van der Waals surface area (Å²) in [6.07, 6.45) is 1.12. The number of nitrogens with zero attached hydrogens (tertiary/aromatic N) is 3. The molecule has 0 radical (unpaired) electrons. The van der Waals surface area contributed by atoms with Gasteiger partial charge in [0.25, 0.3) is 0 Å². The second-order valence-electron chi connectivity index (χ2n) is 4.96. The van der Waals surface area contributed by atoms with Crippen molar-refractivity contribution in [3.63, 3.8) is 0 Å². The van der Waals surface area contributed by atoms with Crippen LogP contribution in [0, 0.1) is 0 Å². The summed E-state index contributed by atoms with van der Waals surface area (Å²) in [4.78, 5) is 2.28. The van der Waals surface area contributed by atoms with Crippen LogP contribution in [0.2, 0.25) is 0 Å². The van der Waals surface area contributed by atoms with Gasteiger partial charge in [0.05, 0.1) is 5.69 Å². The second-order valence-corrected chi connectivity index (χ2v) is 4.96. The summed E-state index contributed by atoms with van der Waals surface area (Å²) in [5.74, 6) is 0.972. The molecule has 1 heterocycles. The van der Waals surface area contributed by atoms with Crippen LogP contribution in [-0.2, 0) is 6.54 Å². The van der Waals surface area contributed by atoms with Crippen molar-refractivity contribution in [2.45, 2.75) is 59.7 Å². The van der Waals surface area contributed by atoms with Gasteiger partial charge in [-0.2, -0.15) is 5.10 Å². The minimum absolute atomic E-state index is 0.471. The van der Waals surface area contributed by atoms with Crippen molar-refractivity contribution in [2.75, 3.05) is 11.4 Å². The lowest BCUT2D eigenvalue weighted by atomic mass is 10.2. The van der Waals surface area contributed by atoms with E-state index in [1.54, 1.807) is 0 Å². The third-order valence-electron chi connectivity index (χ3n) is 3.15. The van der Waals surface area contributed by atoms with Crippen LogP contribution in [0.15, 0.2) is 12.1 Å². The zero-order valence-corrected chi connectivity index (χ0v) is 12.3. The van der Waals surface area contributed by atoms with E-state index in [1.165, 1.54) is 0 Å². The van der Waals surface area contributed by atoms with Gasteiger partial charge in [-0.25, -0.2) is 0 Å². The molecule has 18 heavy (non-hydrogen) atoms. The largest absolute Gasteiger partial charge is 0.353 e. The van der Waals surface area contributed by atoms with Gasteiger partial charge in [0.2, 0.25) is 0 Å². The monoisotopic (exact) mass is 250 g/mol. The van der Waals surface area contributed by atoms with Crippen LogP contribution in [-0.4, -0.2) is 28.8 Å². The predicted molar refractivity (Wildman–Crippen MR) is 76.8 cm³/mol. The maximum absolute atomic E-state index is 4.33. The summed E-state index contributed by atoms with van der Waals surface area (Å²) in [5, 5.41) is 12.0. The molecule has 4 heteroatoms. The van der Waals surface area contributed by atoms with E-state index in [0.717, 1.165) is 31.0 Å². The van der Waals surface area contributed by atoms with Crippen molar-refractivity contribution in [3.8, 4) is 0 Å². The van der Waals surface area contributed by atoms with Gasteiger partial charge in [-0.05, 0) is 32.4 Å². The molecule has 1 aromatic rings. The lowest BCUT2D eigenvalue weighted by Crippen LogP contribution is -2.33. The second kappa shape index (κ2) is 7.31. The Kier molecular flexibility index (Phi) is 6.05. The van der Waals surface area contributed by atoms with E-state index in [0.29, 0.717) is 12.1 Å². The van der Waals surface area contributed by atoms with Crippen LogP contribution in [0.25, 0.3) is 0 Å². The summed E-state index contributed by atoms with van der Waals surface area (Å²) in [5.41, 5.74) is 0.993. The van der Waals surface area contributed by atoms with Crippen molar-refractivity contribution < 1.29 is 0 Å². The van der Waals surface area contributed by atoms with Crippen LogP contribution in [0.4, 0.5) is 5.82 Å². The van der Waals surface area contributed by atoms with Crippen LogP contribution < -0.4 is 10.2 Å². The normalized spacial score (nSPS) is 12.8. The van der Waals surface area contributed by atoms with Gasteiger partial charge in [0.15, 0.2) is 5.82 Å². The maximum atomic E-state index is 4.33. The molecule has 1 atom stereocenters. The van der Waals surface area contributed by atoms with E-state index in [1.807, 2.05) is 0 Å². The zero-order chi connectivity index (χ0) is 13.5. The zero-order valence-electron chi connectivity index (χ0n) is 12.3. The molecule has 0 aliphatic carbocycles. The Morgan fingerprint density at radius 1 is 1.17 bits per heavy atom. The molecular formula is C14H26N4. The number of aromatic nitrogens is 2. The molecule has 0 aliphatic heterocycles. The van der Waals surface area contributed by atoms with E-state index in [-0.39, 0.29) is 0 Å². The van der Waals surface area contributed by atoms with Gasteiger partial charge in [-0.3, -0.25) is 0 Å². The first-order chi connectivity index (χ1) is 8.58. The Hall–Kier alpha value is -1.16. The van der Waals surface area contributed by atoms with Crippen molar-refractivity contribution in [2.24, 2.45) is 0 Å². The first-order valence-electron chi connectivity index (χ1n) is 6.91.